The first-order valence-electron chi connectivity index (χ1n) is 7.68. The van der Waals surface area contributed by atoms with Crippen LogP contribution in [0.5, 0.6) is 0 Å². The number of allylic oxidation sites excluding steroid dienone is 1. The van der Waals surface area contributed by atoms with Crippen molar-refractivity contribution in [3.05, 3.63) is 89.5 Å². The second kappa shape index (κ2) is 4.35. The number of para-hydroxylation sites is 2. The van der Waals surface area contributed by atoms with E-state index < -0.39 is 0 Å². The van der Waals surface area contributed by atoms with Crippen LogP contribution in [-0.4, -0.2) is 4.98 Å². The van der Waals surface area contributed by atoms with Crippen LogP contribution in [0.4, 0.5) is 0 Å². The van der Waals surface area contributed by atoms with Crippen molar-refractivity contribution < 1.29 is 0 Å². The van der Waals surface area contributed by atoms with E-state index >= 15 is 0 Å². The Morgan fingerprint density at radius 2 is 1.45 bits per heavy atom. The zero-order valence-electron chi connectivity index (χ0n) is 12.1. The van der Waals surface area contributed by atoms with E-state index in [2.05, 4.69) is 83.9 Å². The molecule has 1 N–H and O–H groups in total. The van der Waals surface area contributed by atoms with Gasteiger partial charge in [-0.25, -0.2) is 0 Å². The molecule has 0 aliphatic heterocycles. The van der Waals surface area contributed by atoms with Gasteiger partial charge in [-0.2, -0.15) is 0 Å². The monoisotopic (exact) mass is 281 g/mol. The Morgan fingerprint density at radius 3 is 2.45 bits per heavy atom. The third-order valence-corrected chi connectivity index (χ3v) is 4.71. The summed E-state index contributed by atoms with van der Waals surface area (Å²) in [5.41, 5.74) is 6.56. The Labute approximate surface area is 128 Å². The molecule has 5 rings (SSSR count). The Bertz CT molecular complexity index is 1040. The summed E-state index contributed by atoms with van der Waals surface area (Å²) in [6.45, 7) is 0. The largest absolute Gasteiger partial charge is 0.354 e. The van der Waals surface area contributed by atoms with Crippen LogP contribution >= 0.6 is 0 Å². The first kappa shape index (κ1) is 11.8. The maximum Gasteiger partial charge on any atom is 0.0506 e. The fourth-order valence-corrected chi connectivity index (χ4v) is 3.68. The third-order valence-electron chi connectivity index (χ3n) is 4.71. The van der Waals surface area contributed by atoms with E-state index in [4.69, 9.17) is 0 Å². The summed E-state index contributed by atoms with van der Waals surface area (Å²) in [7, 11) is 0. The lowest BCUT2D eigenvalue weighted by atomic mass is 9.91. The number of aromatic nitrogens is 1. The van der Waals surface area contributed by atoms with E-state index in [1.807, 2.05) is 0 Å². The van der Waals surface area contributed by atoms with E-state index in [1.165, 1.54) is 38.5 Å². The van der Waals surface area contributed by atoms with Crippen molar-refractivity contribution >= 4 is 27.9 Å². The van der Waals surface area contributed by atoms with Crippen LogP contribution in [-0.2, 0) is 0 Å². The third kappa shape index (κ3) is 1.54. The highest BCUT2D eigenvalue weighted by molar-refractivity contribution is 6.08. The first-order valence-corrected chi connectivity index (χ1v) is 7.68. The fourth-order valence-electron chi connectivity index (χ4n) is 3.68. The molecule has 0 amide bonds. The topological polar surface area (TPSA) is 15.8 Å². The van der Waals surface area contributed by atoms with Crippen molar-refractivity contribution in [3.8, 4) is 0 Å². The van der Waals surface area contributed by atoms with Gasteiger partial charge in [-0.3, -0.25) is 0 Å². The molecule has 104 valence electrons. The second-order valence-electron chi connectivity index (χ2n) is 5.91. The standard InChI is InChI=1S/C21H15N/c1-2-7-15-14(6-1)12-13-16(15)18-9-5-10-19-17-8-3-4-11-20(17)22-21(18)19/h1-13,16,22H. The van der Waals surface area contributed by atoms with Crippen molar-refractivity contribution in [1.29, 1.82) is 0 Å². The number of H-pyrrole nitrogens is 1. The molecule has 3 aromatic carbocycles. The molecule has 1 aromatic heterocycles. The molecule has 0 spiro atoms. The van der Waals surface area contributed by atoms with Gasteiger partial charge in [0.1, 0.15) is 0 Å². The van der Waals surface area contributed by atoms with Gasteiger partial charge in [0.05, 0.1) is 5.52 Å². The van der Waals surface area contributed by atoms with Crippen LogP contribution in [0.15, 0.2) is 72.8 Å². The van der Waals surface area contributed by atoms with E-state index in [1.54, 1.807) is 0 Å². The minimum atomic E-state index is 0.341. The van der Waals surface area contributed by atoms with Crippen molar-refractivity contribution in [1.82, 2.24) is 4.98 Å². The number of nitrogens with one attached hydrogen (secondary N) is 1. The highest BCUT2D eigenvalue weighted by Gasteiger charge is 2.21. The smallest absolute Gasteiger partial charge is 0.0506 e. The Hall–Kier alpha value is -2.80. The number of hydrogen-bond donors (Lipinski definition) is 1. The number of rotatable bonds is 1. The van der Waals surface area contributed by atoms with Gasteiger partial charge >= 0.3 is 0 Å². The normalized spacial score (nSPS) is 16.5. The maximum atomic E-state index is 3.62. The van der Waals surface area contributed by atoms with Gasteiger partial charge in [-0.15, -0.1) is 0 Å². The highest BCUT2D eigenvalue weighted by atomic mass is 14.7. The fraction of sp³-hybridized carbons (Fsp3) is 0.0476. The average Bonchev–Trinajstić information content (AvgIpc) is 3.16. The molecule has 22 heavy (non-hydrogen) atoms. The molecule has 0 saturated carbocycles. The van der Waals surface area contributed by atoms with Crippen LogP contribution in [0.3, 0.4) is 0 Å². The summed E-state index contributed by atoms with van der Waals surface area (Å²) in [5.74, 6) is 0.341. The van der Waals surface area contributed by atoms with Crippen molar-refractivity contribution in [2.24, 2.45) is 0 Å². The molecule has 0 radical (unpaired) electrons. The van der Waals surface area contributed by atoms with Crippen LogP contribution in [0.2, 0.25) is 0 Å². The highest BCUT2D eigenvalue weighted by Crippen LogP contribution is 2.39. The van der Waals surface area contributed by atoms with Crippen LogP contribution < -0.4 is 0 Å². The number of fused-ring (bicyclic) bond motifs is 4. The summed E-state index contributed by atoms with van der Waals surface area (Å²) in [6, 6.07) is 23.8. The Morgan fingerprint density at radius 1 is 0.682 bits per heavy atom. The minimum absolute atomic E-state index is 0.341. The Balaban J connectivity index is 1.81. The number of aromatic amines is 1. The molecule has 1 aliphatic rings. The lowest BCUT2D eigenvalue weighted by Gasteiger charge is -2.12. The number of hydrogen-bond acceptors (Lipinski definition) is 0. The van der Waals surface area contributed by atoms with Gasteiger partial charge < -0.3 is 4.98 Å². The van der Waals surface area contributed by atoms with Crippen LogP contribution in [0, 0.1) is 0 Å². The van der Waals surface area contributed by atoms with Gasteiger partial charge in [-0.1, -0.05) is 72.8 Å². The molecule has 4 aromatic rings. The molecule has 0 bridgehead atoms. The average molecular weight is 281 g/mol. The van der Waals surface area contributed by atoms with Gasteiger partial charge in [-0.05, 0) is 22.8 Å². The van der Waals surface area contributed by atoms with Gasteiger partial charge in [0.15, 0.2) is 0 Å². The summed E-state index contributed by atoms with van der Waals surface area (Å²) in [5, 5.41) is 2.61. The summed E-state index contributed by atoms with van der Waals surface area (Å²) in [6.07, 6.45) is 4.55. The van der Waals surface area contributed by atoms with E-state index in [0.717, 1.165) is 0 Å². The predicted molar refractivity (Wildman–Crippen MR) is 93.1 cm³/mol. The summed E-state index contributed by atoms with van der Waals surface area (Å²) < 4.78 is 0. The quantitative estimate of drug-likeness (QED) is 0.475. The maximum absolute atomic E-state index is 3.62. The molecule has 1 heterocycles. The zero-order valence-corrected chi connectivity index (χ0v) is 12.1. The van der Waals surface area contributed by atoms with E-state index in [-0.39, 0.29) is 0 Å². The van der Waals surface area contributed by atoms with Crippen molar-refractivity contribution in [3.63, 3.8) is 0 Å². The van der Waals surface area contributed by atoms with Crippen molar-refractivity contribution in [2.45, 2.75) is 5.92 Å². The molecule has 0 fully saturated rings. The molecule has 0 saturated heterocycles. The van der Waals surface area contributed by atoms with E-state index in [9.17, 15) is 0 Å². The number of benzene rings is 3. The molecule has 1 atom stereocenters. The molecule has 1 nitrogen and oxygen atoms in total. The minimum Gasteiger partial charge on any atom is -0.354 e. The molecular weight excluding hydrogens is 266 g/mol. The molecule has 1 heteroatoms. The lowest BCUT2D eigenvalue weighted by Crippen LogP contribution is -1.96. The van der Waals surface area contributed by atoms with Gasteiger partial charge in [0, 0.05) is 22.2 Å². The predicted octanol–water partition coefficient (Wildman–Crippen LogP) is 5.48. The van der Waals surface area contributed by atoms with Crippen molar-refractivity contribution in [2.75, 3.05) is 0 Å². The molecule has 1 unspecified atom stereocenters. The Kier molecular flexibility index (Phi) is 2.33. The van der Waals surface area contributed by atoms with Gasteiger partial charge in [0.2, 0.25) is 0 Å². The van der Waals surface area contributed by atoms with E-state index in [0.29, 0.717) is 5.92 Å². The van der Waals surface area contributed by atoms with Crippen LogP contribution in [0.25, 0.3) is 27.9 Å². The second-order valence-corrected chi connectivity index (χ2v) is 5.91. The lowest BCUT2D eigenvalue weighted by molar-refractivity contribution is 1.06. The summed E-state index contributed by atoms with van der Waals surface area (Å²) in [4.78, 5) is 3.62. The van der Waals surface area contributed by atoms with Crippen LogP contribution in [0.1, 0.15) is 22.6 Å². The summed E-state index contributed by atoms with van der Waals surface area (Å²) >= 11 is 0. The molecular formula is C21H15N. The van der Waals surface area contributed by atoms with Gasteiger partial charge in [0.25, 0.3) is 0 Å². The SMILES string of the molecule is C1=CC(c2cccc3c2[nH]c2ccccc23)c2ccccc21. The first-order chi connectivity index (χ1) is 10.9. The zero-order chi connectivity index (χ0) is 14.5. The molecule has 1 aliphatic carbocycles.